The van der Waals surface area contributed by atoms with Crippen LogP contribution in [0.2, 0.25) is 0 Å². The highest BCUT2D eigenvalue weighted by atomic mass is 32.2. The SMILES string of the molecule is O=S(=O)(NCC1C2CC3CC(C2)CC1C3)C(F)(F)F. The van der Waals surface area contributed by atoms with Gasteiger partial charge in [0.15, 0.2) is 0 Å². The van der Waals surface area contributed by atoms with Crippen molar-refractivity contribution in [3.8, 4) is 0 Å². The van der Waals surface area contributed by atoms with Crippen LogP contribution >= 0.6 is 0 Å². The summed E-state index contributed by atoms with van der Waals surface area (Å²) in [4.78, 5) is 0. The van der Waals surface area contributed by atoms with Crippen LogP contribution in [-0.2, 0) is 10.0 Å². The van der Waals surface area contributed by atoms with Crippen molar-refractivity contribution in [3.63, 3.8) is 0 Å². The number of alkyl halides is 3. The zero-order valence-electron chi connectivity index (χ0n) is 10.5. The zero-order chi connectivity index (χ0) is 13.8. The van der Waals surface area contributed by atoms with Gasteiger partial charge in [-0.05, 0) is 61.7 Å². The molecule has 0 amide bonds. The Morgan fingerprint density at radius 1 is 0.947 bits per heavy atom. The minimum Gasteiger partial charge on any atom is -0.207 e. The second-order valence-electron chi connectivity index (χ2n) is 6.39. The van der Waals surface area contributed by atoms with Gasteiger partial charge in [0.2, 0.25) is 0 Å². The van der Waals surface area contributed by atoms with E-state index in [4.69, 9.17) is 0 Å². The van der Waals surface area contributed by atoms with E-state index in [1.807, 2.05) is 0 Å². The predicted molar refractivity (Wildman–Crippen MR) is 63.5 cm³/mol. The first-order valence-electron chi connectivity index (χ1n) is 6.82. The van der Waals surface area contributed by atoms with Crippen molar-refractivity contribution in [2.75, 3.05) is 6.54 Å². The van der Waals surface area contributed by atoms with E-state index in [9.17, 15) is 21.6 Å². The van der Waals surface area contributed by atoms with E-state index in [-0.39, 0.29) is 12.5 Å². The average molecular weight is 297 g/mol. The lowest BCUT2D eigenvalue weighted by molar-refractivity contribution is -0.0479. The van der Waals surface area contributed by atoms with E-state index in [0.29, 0.717) is 11.8 Å². The van der Waals surface area contributed by atoms with Gasteiger partial charge in [0.05, 0.1) is 0 Å². The Morgan fingerprint density at radius 3 is 1.84 bits per heavy atom. The Kier molecular flexibility index (Phi) is 3.13. The molecule has 0 aromatic rings. The zero-order valence-corrected chi connectivity index (χ0v) is 11.3. The highest BCUT2D eigenvalue weighted by Crippen LogP contribution is 2.56. The van der Waals surface area contributed by atoms with Gasteiger partial charge in [0.1, 0.15) is 0 Å². The van der Waals surface area contributed by atoms with Crippen LogP contribution in [0.15, 0.2) is 0 Å². The average Bonchev–Trinajstić information content (AvgIpc) is 2.25. The molecule has 0 saturated heterocycles. The molecule has 0 heterocycles. The Balaban J connectivity index is 1.65. The van der Waals surface area contributed by atoms with Crippen molar-refractivity contribution in [1.82, 2.24) is 4.72 Å². The summed E-state index contributed by atoms with van der Waals surface area (Å²) in [7, 11) is -5.18. The molecule has 0 aliphatic heterocycles. The summed E-state index contributed by atoms with van der Waals surface area (Å²) in [6.45, 7) is -0.0450. The van der Waals surface area contributed by atoms with E-state index >= 15 is 0 Å². The van der Waals surface area contributed by atoms with Crippen molar-refractivity contribution in [2.24, 2.45) is 29.6 Å². The van der Waals surface area contributed by atoms with Gasteiger partial charge < -0.3 is 0 Å². The van der Waals surface area contributed by atoms with Crippen LogP contribution in [0.1, 0.15) is 32.1 Å². The second kappa shape index (κ2) is 4.35. The number of hydrogen-bond donors (Lipinski definition) is 1. The fourth-order valence-corrected chi connectivity index (χ4v) is 5.23. The summed E-state index contributed by atoms with van der Waals surface area (Å²) in [5.74, 6) is 2.42. The normalized spacial score (nSPS) is 41.7. The molecule has 0 spiro atoms. The Hall–Kier alpha value is -0.300. The van der Waals surface area contributed by atoms with E-state index in [1.165, 1.54) is 6.42 Å². The van der Waals surface area contributed by atoms with E-state index in [0.717, 1.165) is 37.5 Å². The molecule has 7 heteroatoms. The van der Waals surface area contributed by atoms with Gasteiger partial charge in [-0.25, -0.2) is 13.1 Å². The molecule has 0 radical (unpaired) electrons. The number of sulfonamides is 1. The Bertz CT molecular complexity index is 432. The van der Waals surface area contributed by atoms with Gasteiger partial charge >= 0.3 is 15.5 Å². The molecule has 3 nitrogen and oxygen atoms in total. The van der Waals surface area contributed by atoms with Crippen LogP contribution in [0, 0.1) is 29.6 Å². The standard InChI is InChI=1S/C12H18F3NO2S/c13-12(14,15)19(17,18)16-6-11-9-2-7-1-8(4-9)5-10(11)3-7/h7-11,16H,1-6H2. The Morgan fingerprint density at radius 2 is 1.42 bits per heavy atom. The summed E-state index contributed by atoms with van der Waals surface area (Å²) in [6.07, 6.45) is 5.57. The van der Waals surface area contributed by atoms with E-state index in [1.54, 1.807) is 4.72 Å². The fourth-order valence-electron chi connectivity index (χ4n) is 4.66. The monoisotopic (exact) mass is 297 g/mol. The molecule has 0 atom stereocenters. The topological polar surface area (TPSA) is 46.2 Å². The maximum atomic E-state index is 12.3. The quantitative estimate of drug-likeness (QED) is 0.870. The summed E-state index contributed by atoms with van der Waals surface area (Å²) in [5, 5.41) is 0. The third-order valence-electron chi connectivity index (χ3n) is 5.24. The molecule has 4 fully saturated rings. The fraction of sp³-hybridized carbons (Fsp3) is 1.00. The third-order valence-corrected chi connectivity index (χ3v) is 6.39. The summed E-state index contributed by atoms with van der Waals surface area (Å²) < 4.78 is 60.8. The summed E-state index contributed by atoms with van der Waals surface area (Å²) in [6, 6.07) is 0. The minimum absolute atomic E-state index is 0.0450. The summed E-state index contributed by atoms with van der Waals surface area (Å²) in [5.41, 5.74) is -5.20. The molecule has 4 saturated carbocycles. The molecule has 0 unspecified atom stereocenters. The van der Waals surface area contributed by atoms with E-state index in [2.05, 4.69) is 0 Å². The lowest BCUT2D eigenvalue weighted by atomic mass is 9.52. The van der Waals surface area contributed by atoms with Gasteiger partial charge in [-0.3, -0.25) is 0 Å². The first-order valence-corrected chi connectivity index (χ1v) is 8.30. The Labute approximate surface area is 111 Å². The number of hydrogen-bond acceptors (Lipinski definition) is 2. The van der Waals surface area contributed by atoms with Gasteiger partial charge in [0.25, 0.3) is 0 Å². The highest BCUT2D eigenvalue weighted by Gasteiger charge is 2.50. The maximum Gasteiger partial charge on any atom is 0.511 e. The number of nitrogens with one attached hydrogen (secondary N) is 1. The van der Waals surface area contributed by atoms with Gasteiger partial charge in [-0.2, -0.15) is 13.2 Å². The molecule has 4 aliphatic rings. The molecular formula is C12H18F3NO2S. The van der Waals surface area contributed by atoms with Crippen molar-refractivity contribution in [1.29, 1.82) is 0 Å². The van der Waals surface area contributed by atoms with Crippen LogP contribution < -0.4 is 4.72 Å². The molecule has 4 bridgehead atoms. The minimum atomic E-state index is -5.20. The maximum absolute atomic E-state index is 12.3. The molecule has 1 N–H and O–H groups in total. The highest BCUT2D eigenvalue weighted by molar-refractivity contribution is 7.90. The lowest BCUT2D eigenvalue weighted by Crippen LogP contribution is -2.50. The smallest absolute Gasteiger partial charge is 0.207 e. The van der Waals surface area contributed by atoms with Crippen molar-refractivity contribution in [2.45, 2.75) is 37.6 Å². The van der Waals surface area contributed by atoms with Crippen LogP contribution in [0.4, 0.5) is 13.2 Å². The van der Waals surface area contributed by atoms with Gasteiger partial charge in [0, 0.05) is 6.54 Å². The van der Waals surface area contributed by atoms with Crippen molar-refractivity contribution < 1.29 is 21.6 Å². The molecule has 19 heavy (non-hydrogen) atoms. The van der Waals surface area contributed by atoms with Crippen molar-refractivity contribution >= 4 is 10.0 Å². The molecule has 110 valence electrons. The molecular weight excluding hydrogens is 279 g/mol. The first-order chi connectivity index (χ1) is 8.76. The number of halogens is 3. The van der Waals surface area contributed by atoms with Crippen LogP contribution in [0.3, 0.4) is 0 Å². The van der Waals surface area contributed by atoms with Crippen LogP contribution in [0.25, 0.3) is 0 Å². The van der Waals surface area contributed by atoms with Crippen LogP contribution in [0.5, 0.6) is 0 Å². The second-order valence-corrected chi connectivity index (χ2v) is 8.15. The molecule has 4 aliphatic carbocycles. The third kappa shape index (κ3) is 2.39. The lowest BCUT2D eigenvalue weighted by Gasteiger charge is -2.54. The van der Waals surface area contributed by atoms with E-state index < -0.39 is 15.5 Å². The van der Waals surface area contributed by atoms with Gasteiger partial charge in [-0.1, -0.05) is 0 Å². The summed E-state index contributed by atoms with van der Waals surface area (Å²) >= 11 is 0. The molecule has 4 rings (SSSR count). The molecule has 0 aromatic carbocycles. The van der Waals surface area contributed by atoms with Gasteiger partial charge in [-0.15, -0.1) is 0 Å². The first kappa shape index (κ1) is 13.7. The largest absolute Gasteiger partial charge is 0.511 e. The molecule has 0 aromatic heterocycles. The van der Waals surface area contributed by atoms with Crippen LogP contribution in [-0.4, -0.2) is 20.5 Å². The van der Waals surface area contributed by atoms with Crippen molar-refractivity contribution in [3.05, 3.63) is 0 Å². The predicted octanol–water partition coefficient (Wildman–Crippen LogP) is 2.50. The number of rotatable bonds is 3.